The Morgan fingerprint density at radius 2 is 1.53 bits per heavy atom. The summed E-state index contributed by atoms with van der Waals surface area (Å²) >= 11 is 0. The molecular weight excluding hydrogens is 230 g/mol. The molecule has 19 heavy (non-hydrogen) atoms. The summed E-state index contributed by atoms with van der Waals surface area (Å²) in [5.74, 6) is 1.25. The number of aryl methyl sites for hydroxylation is 2. The van der Waals surface area contributed by atoms with E-state index >= 15 is 0 Å². The molecular formula is C18H31N. The molecule has 1 aromatic carbocycles. The molecule has 0 aliphatic heterocycles. The van der Waals surface area contributed by atoms with Gasteiger partial charge in [-0.05, 0) is 60.4 Å². The van der Waals surface area contributed by atoms with E-state index in [1.54, 1.807) is 0 Å². The molecule has 0 saturated heterocycles. The molecule has 108 valence electrons. The lowest BCUT2D eigenvalue weighted by Crippen LogP contribution is -2.23. The van der Waals surface area contributed by atoms with Crippen LogP contribution in [0.4, 0.5) is 0 Å². The zero-order valence-electron chi connectivity index (χ0n) is 14.0. The molecule has 0 spiro atoms. The average Bonchev–Trinajstić information content (AvgIpc) is 2.25. The standard InChI is InChI=1S/C18H31N/c1-12(2)16(11-19-8)17-13(3)9-15(10-14(17)4)18(5,6)7/h9-10,12,16,19H,11H2,1-8H3. The summed E-state index contributed by atoms with van der Waals surface area (Å²) in [7, 11) is 2.05. The SMILES string of the molecule is CNCC(c1c(C)cc(C(C)(C)C)cc1C)C(C)C. The van der Waals surface area contributed by atoms with Crippen molar-refractivity contribution in [3.8, 4) is 0 Å². The van der Waals surface area contributed by atoms with Crippen LogP contribution in [0.1, 0.15) is 62.8 Å². The maximum Gasteiger partial charge on any atom is 0.00198 e. The fraction of sp³-hybridized carbons (Fsp3) is 0.667. The normalized spacial score (nSPS) is 13.9. The third-order valence-corrected chi connectivity index (χ3v) is 4.06. The van der Waals surface area contributed by atoms with Crippen LogP contribution in [0.2, 0.25) is 0 Å². The minimum Gasteiger partial charge on any atom is -0.319 e. The van der Waals surface area contributed by atoms with Crippen LogP contribution in [-0.2, 0) is 5.41 Å². The van der Waals surface area contributed by atoms with E-state index in [0.29, 0.717) is 11.8 Å². The van der Waals surface area contributed by atoms with Gasteiger partial charge in [0, 0.05) is 6.54 Å². The van der Waals surface area contributed by atoms with Gasteiger partial charge in [-0.3, -0.25) is 0 Å². The van der Waals surface area contributed by atoms with Gasteiger partial charge in [-0.1, -0.05) is 46.8 Å². The van der Waals surface area contributed by atoms with Crippen molar-refractivity contribution in [2.45, 2.75) is 59.8 Å². The van der Waals surface area contributed by atoms with E-state index in [1.807, 2.05) is 7.05 Å². The van der Waals surface area contributed by atoms with E-state index in [-0.39, 0.29) is 5.41 Å². The van der Waals surface area contributed by atoms with Crippen molar-refractivity contribution in [2.24, 2.45) is 5.92 Å². The van der Waals surface area contributed by atoms with Crippen LogP contribution in [0.15, 0.2) is 12.1 Å². The van der Waals surface area contributed by atoms with Gasteiger partial charge >= 0.3 is 0 Å². The fourth-order valence-corrected chi connectivity index (χ4v) is 2.88. The Hall–Kier alpha value is -0.820. The second kappa shape index (κ2) is 6.09. The second-order valence-corrected chi connectivity index (χ2v) is 7.18. The maximum atomic E-state index is 3.35. The van der Waals surface area contributed by atoms with Crippen molar-refractivity contribution in [2.75, 3.05) is 13.6 Å². The first-order valence-electron chi connectivity index (χ1n) is 7.44. The van der Waals surface area contributed by atoms with E-state index in [0.717, 1.165) is 6.54 Å². The van der Waals surface area contributed by atoms with E-state index in [1.165, 1.54) is 22.3 Å². The number of nitrogens with one attached hydrogen (secondary N) is 1. The second-order valence-electron chi connectivity index (χ2n) is 7.18. The summed E-state index contributed by atoms with van der Waals surface area (Å²) < 4.78 is 0. The largest absolute Gasteiger partial charge is 0.319 e. The highest BCUT2D eigenvalue weighted by Gasteiger charge is 2.22. The lowest BCUT2D eigenvalue weighted by Gasteiger charge is -2.28. The molecule has 0 heterocycles. The van der Waals surface area contributed by atoms with Gasteiger partial charge in [0.2, 0.25) is 0 Å². The molecule has 1 N–H and O–H groups in total. The minimum absolute atomic E-state index is 0.227. The zero-order chi connectivity index (χ0) is 14.8. The summed E-state index contributed by atoms with van der Waals surface area (Å²) in [6, 6.07) is 4.76. The lowest BCUT2D eigenvalue weighted by molar-refractivity contribution is 0.474. The van der Waals surface area contributed by atoms with E-state index in [9.17, 15) is 0 Å². The van der Waals surface area contributed by atoms with Crippen molar-refractivity contribution in [1.82, 2.24) is 5.32 Å². The quantitative estimate of drug-likeness (QED) is 0.838. The molecule has 0 saturated carbocycles. The van der Waals surface area contributed by atoms with Gasteiger partial charge in [0.1, 0.15) is 0 Å². The highest BCUT2D eigenvalue weighted by Crippen LogP contribution is 2.33. The summed E-state index contributed by atoms with van der Waals surface area (Å²) in [5, 5.41) is 3.35. The molecule has 0 fully saturated rings. The van der Waals surface area contributed by atoms with Crippen LogP contribution < -0.4 is 5.32 Å². The summed E-state index contributed by atoms with van der Waals surface area (Å²) in [6.07, 6.45) is 0. The molecule has 1 nitrogen and oxygen atoms in total. The molecule has 1 aromatic rings. The van der Waals surface area contributed by atoms with Gasteiger partial charge < -0.3 is 5.32 Å². The first kappa shape index (κ1) is 16.2. The Labute approximate surface area is 119 Å². The Morgan fingerprint density at radius 1 is 1.05 bits per heavy atom. The highest BCUT2D eigenvalue weighted by atomic mass is 14.8. The van der Waals surface area contributed by atoms with Gasteiger partial charge in [0.25, 0.3) is 0 Å². The number of rotatable bonds is 4. The van der Waals surface area contributed by atoms with Crippen molar-refractivity contribution in [1.29, 1.82) is 0 Å². The Bertz CT molecular complexity index is 401. The van der Waals surface area contributed by atoms with Gasteiger partial charge in [-0.2, -0.15) is 0 Å². The Balaban J connectivity index is 3.30. The van der Waals surface area contributed by atoms with E-state index < -0.39 is 0 Å². The van der Waals surface area contributed by atoms with Crippen molar-refractivity contribution in [3.05, 3.63) is 34.4 Å². The van der Waals surface area contributed by atoms with Gasteiger partial charge in [0.05, 0.1) is 0 Å². The molecule has 0 radical (unpaired) electrons. The number of likely N-dealkylation sites (N-methyl/N-ethyl adjacent to an activating group) is 1. The van der Waals surface area contributed by atoms with E-state index in [4.69, 9.17) is 0 Å². The number of hydrogen-bond donors (Lipinski definition) is 1. The number of hydrogen-bond acceptors (Lipinski definition) is 1. The highest BCUT2D eigenvalue weighted by molar-refractivity contribution is 5.42. The summed E-state index contributed by atoms with van der Waals surface area (Å²) in [5.41, 5.74) is 6.10. The molecule has 0 aliphatic carbocycles. The smallest absolute Gasteiger partial charge is 0.00198 e. The predicted molar refractivity (Wildman–Crippen MR) is 86.1 cm³/mol. The molecule has 0 aliphatic rings. The summed E-state index contributed by atoms with van der Waals surface area (Å²) in [4.78, 5) is 0. The first-order valence-corrected chi connectivity index (χ1v) is 7.44. The molecule has 1 heteroatoms. The van der Waals surface area contributed by atoms with Crippen LogP contribution in [0.25, 0.3) is 0 Å². The molecule has 1 unspecified atom stereocenters. The molecule has 1 rings (SSSR count). The van der Waals surface area contributed by atoms with Crippen LogP contribution in [0.3, 0.4) is 0 Å². The molecule has 1 atom stereocenters. The van der Waals surface area contributed by atoms with Crippen LogP contribution in [0.5, 0.6) is 0 Å². The molecule has 0 amide bonds. The van der Waals surface area contributed by atoms with Crippen molar-refractivity contribution in [3.63, 3.8) is 0 Å². The first-order chi connectivity index (χ1) is 8.68. The van der Waals surface area contributed by atoms with Gasteiger partial charge in [0.15, 0.2) is 0 Å². The Morgan fingerprint density at radius 3 is 1.84 bits per heavy atom. The van der Waals surface area contributed by atoms with Crippen LogP contribution >= 0.6 is 0 Å². The zero-order valence-corrected chi connectivity index (χ0v) is 14.0. The molecule has 0 aromatic heterocycles. The third kappa shape index (κ3) is 3.82. The topological polar surface area (TPSA) is 12.0 Å². The third-order valence-electron chi connectivity index (χ3n) is 4.06. The van der Waals surface area contributed by atoms with Gasteiger partial charge in [-0.15, -0.1) is 0 Å². The monoisotopic (exact) mass is 261 g/mol. The number of benzene rings is 1. The Kier molecular flexibility index (Phi) is 5.20. The van der Waals surface area contributed by atoms with Crippen LogP contribution in [0, 0.1) is 19.8 Å². The average molecular weight is 261 g/mol. The van der Waals surface area contributed by atoms with E-state index in [2.05, 4.69) is 65.9 Å². The predicted octanol–water partition coefficient (Wildman–Crippen LogP) is 4.56. The maximum absolute atomic E-state index is 3.35. The minimum atomic E-state index is 0.227. The fourth-order valence-electron chi connectivity index (χ4n) is 2.88. The summed E-state index contributed by atoms with van der Waals surface area (Å²) in [6.45, 7) is 17.1. The van der Waals surface area contributed by atoms with Gasteiger partial charge in [-0.25, -0.2) is 0 Å². The lowest BCUT2D eigenvalue weighted by atomic mass is 9.78. The van der Waals surface area contributed by atoms with Crippen LogP contribution in [-0.4, -0.2) is 13.6 Å². The van der Waals surface area contributed by atoms with Crippen molar-refractivity contribution >= 4 is 0 Å². The van der Waals surface area contributed by atoms with Crippen molar-refractivity contribution < 1.29 is 0 Å². The molecule has 0 bridgehead atoms.